The first-order valence-corrected chi connectivity index (χ1v) is 6.42. The zero-order valence-corrected chi connectivity index (χ0v) is 11.5. The van der Waals surface area contributed by atoms with Gasteiger partial charge >= 0.3 is 0 Å². The lowest BCUT2D eigenvalue weighted by molar-refractivity contribution is -0.128. The van der Waals surface area contributed by atoms with Crippen molar-refractivity contribution in [2.45, 2.75) is 32.9 Å². The third-order valence-electron chi connectivity index (χ3n) is 2.19. The quantitative estimate of drug-likeness (QED) is 0.883. The van der Waals surface area contributed by atoms with Crippen LogP contribution in [-0.2, 0) is 9.59 Å². The zero-order valence-electron chi connectivity index (χ0n) is 9.91. The number of halogens is 1. The maximum Gasteiger partial charge on any atom is 0.242 e. The summed E-state index contributed by atoms with van der Waals surface area (Å²) < 4.78 is 0.691. The fourth-order valence-corrected chi connectivity index (χ4v) is 2.40. The van der Waals surface area contributed by atoms with Gasteiger partial charge in [-0.2, -0.15) is 0 Å². The molecule has 1 aromatic heterocycles. The van der Waals surface area contributed by atoms with E-state index >= 15 is 0 Å². The van der Waals surface area contributed by atoms with Crippen LogP contribution in [0, 0.1) is 0 Å². The summed E-state index contributed by atoms with van der Waals surface area (Å²) in [6.45, 7) is 4.90. The second kappa shape index (κ2) is 6.02. The predicted octanol–water partition coefficient (Wildman–Crippen LogP) is 2.10. The molecule has 2 N–H and O–H groups in total. The van der Waals surface area contributed by atoms with Gasteiger partial charge in [0.15, 0.2) is 0 Å². The summed E-state index contributed by atoms with van der Waals surface area (Å²) in [5.74, 6) is -0.434. The first kappa shape index (κ1) is 14.0. The predicted molar refractivity (Wildman–Crippen MR) is 69.2 cm³/mol. The Labute approximate surface area is 109 Å². The molecule has 0 aliphatic heterocycles. The van der Waals surface area contributed by atoms with Crippen molar-refractivity contribution in [2.75, 3.05) is 0 Å². The first-order chi connectivity index (χ1) is 7.90. The summed E-state index contributed by atoms with van der Waals surface area (Å²) in [6, 6.07) is 3.02. The number of carbonyl (C=O) groups excluding carboxylic acids is 2. The summed E-state index contributed by atoms with van der Waals surface area (Å²) in [6.07, 6.45) is 0. The molecule has 1 rings (SSSR count). The fourth-order valence-electron chi connectivity index (χ4n) is 1.34. The van der Waals surface area contributed by atoms with Crippen LogP contribution in [0.2, 0.25) is 4.34 Å². The summed E-state index contributed by atoms with van der Waals surface area (Å²) in [7, 11) is 0. The molecule has 0 fully saturated rings. The largest absolute Gasteiger partial charge is 0.347 e. The molecule has 1 aromatic rings. The topological polar surface area (TPSA) is 58.2 Å². The van der Waals surface area contributed by atoms with Gasteiger partial charge in [-0.1, -0.05) is 11.6 Å². The Kier molecular flexibility index (Phi) is 4.96. The molecule has 0 aliphatic carbocycles. The number of hydrogen-bond acceptors (Lipinski definition) is 3. The van der Waals surface area contributed by atoms with Gasteiger partial charge in [-0.25, -0.2) is 0 Å². The van der Waals surface area contributed by atoms with E-state index in [1.54, 1.807) is 13.0 Å². The highest BCUT2D eigenvalue weighted by Crippen LogP contribution is 2.26. The van der Waals surface area contributed by atoms with E-state index in [-0.39, 0.29) is 17.9 Å². The highest BCUT2D eigenvalue weighted by atomic mass is 35.5. The second-order valence-electron chi connectivity index (χ2n) is 3.79. The van der Waals surface area contributed by atoms with E-state index in [1.165, 1.54) is 18.3 Å². The molecule has 0 radical (unpaired) electrons. The molecule has 1 heterocycles. The minimum Gasteiger partial charge on any atom is -0.347 e. The number of nitrogens with one attached hydrogen (secondary N) is 2. The van der Waals surface area contributed by atoms with Crippen LogP contribution in [0.4, 0.5) is 0 Å². The van der Waals surface area contributed by atoms with E-state index in [2.05, 4.69) is 10.6 Å². The van der Waals surface area contributed by atoms with E-state index in [0.29, 0.717) is 4.34 Å². The smallest absolute Gasteiger partial charge is 0.242 e. The van der Waals surface area contributed by atoms with Crippen LogP contribution in [0.25, 0.3) is 0 Å². The molecule has 2 amide bonds. The standard InChI is InChI=1S/C11H15ClN2O2S/c1-6(9-4-5-10(12)17-9)14-11(16)7(2)13-8(3)15/h4-7H,1-3H3,(H,13,15)(H,14,16)/t6-,7+/m1/s1. The van der Waals surface area contributed by atoms with Gasteiger partial charge in [0.25, 0.3) is 0 Å². The summed E-state index contributed by atoms with van der Waals surface area (Å²) >= 11 is 7.25. The molecule has 94 valence electrons. The molecule has 0 aliphatic rings. The maximum atomic E-state index is 11.7. The fraction of sp³-hybridized carbons (Fsp3) is 0.455. The van der Waals surface area contributed by atoms with E-state index < -0.39 is 6.04 Å². The van der Waals surface area contributed by atoms with Gasteiger partial charge < -0.3 is 10.6 Å². The van der Waals surface area contributed by atoms with Crippen LogP contribution in [0.15, 0.2) is 12.1 Å². The van der Waals surface area contributed by atoms with Crippen molar-refractivity contribution in [3.05, 3.63) is 21.3 Å². The minimum absolute atomic E-state index is 0.115. The Morgan fingerprint density at radius 2 is 1.94 bits per heavy atom. The molecule has 2 atom stereocenters. The van der Waals surface area contributed by atoms with Crippen LogP contribution >= 0.6 is 22.9 Å². The molecule has 0 saturated carbocycles. The molecular formula is C11H15ClN2O2S. The maximum absolute atomic E-state index is 11.7. The van der Waals surface area contributed by atoms with Crippen LogP contribution in [0.3, 0.4) is 0 Å². The van der Waals surface area contributed by atoms with Gasteiger partial charge in [0.1, 0.15) is 6.04 Å². The average Bonchev–Trinajstić information content (AvgIpc) is 2.63. The van der Waals surface area contributed by atoms with E-state index in [1.807, 2.05) is 13.0 Å². The van der Waals surface area contributed by atoms with Crippen molar-refractivity contribution in [1.82, 2.24) is 10.6 Å². The molecular weight excluding hydrogens is 260 g/mol. The number of thiophene rings is 1. The Morgan fingerprint density at radius 1 is 1.29 bits per heavy atom. The molecule has 0 bridgehead atoms. The third kappa shape index (κ3) is 4.36. The van der Waals surface area contributed by atoms with Gasteiger partial charge in [-0.3, -0.25) is 9.59 Å². The van der Waals surface area contributed by atoms with E-state index in [4.69, 9.17) is 11.6 Å². The second-order valence-corrected chi connectivity index (χ2v) is 5.54. The highest BCUT2D eigenvalue weighted by Gasteiger charge is 2.17. The average molecular weight is 275 g/mol. The van der Waals surface area contributed by atoms with Crippen molar-refractivity contribution in [3.63, 3.8) is 0 Å². The van der Waals surface area contributed by atoms with Crippen molar-refractivity contribution >= 4 is 34.8 Å². The van der Waals surface area contributed by atoms with Gasteiger partial charge in [-0.15, -0.1) is 11.3 Å². The highest BCUT2D eigenvalue weighted by molar-refractivity contribution is 7.16. The van der Waals surface area contributed by atoms with Gasteiger partial charge in [0, 0.05) is 11.8 Å². The Hall–Kier alpha value is -1.07. The lowest BCUT2D eigenvalue weighted by Gasteiger charge is -2.16. The molecule has 0 spiro atoms. The number of rotatable bonds is 4. The van der Waals surface area contributed by atoms with E-state index in [9.17, 15) is 9.59 Å². The molecule has 0 aromatic carbocycles. The molecule has 17 heavy (non-hydrogen) atoms. The van der Waals surface area contributed by atoms with Gasteiger partial charge in [-0.05, 0) is 26.0 Å². The van der Waals surface area contributed by atoms with Crippen LogP contribution in [0.1, 0.15) is 31.7 Å². The molecule has 0 unspecified atom stereocenters. The number of carbonyl (C=O) groups is 2. The lowest BCUT2D eigenvalue weighted by atomic mass is 10.2. The lowest BCUT2D eigenvalue weighted by Crippen LogP contribution is -2.44. The molecule has 0 saturated heterocycles. The van der Waals surface area contributed by atoms with Crippen LogP contribution < -0.4 is 10.6 Å². The van der Waals surface area contributed by atoms with Gasteiger partial charge in [0.05, 0.1) is 10.4 Å². The monoisotopic (exact) mass is 274 g/mol. The SMILES string of the molecule is CC(=O)N[C@@H](C)C(=O)N[C@H](C)c1ccc(Cl)s1. The van der Waals surface area contributed by atoms with Crippen molar-refractivity contribution in [3.8, 4) is 0 Å². The van der Waals surface area contributed by atoms with Gasteiger partial charge in [0.2, 0.25) is 11.8 Å². The minimum atomic E-state index is -0.537. The summed E-state index contributed by atoms with van der Waals surface area (Å²) in [5, 5.41) is 5.34. The molecule has 6 heteroatoms. The number of amides is 2. The Balaban J connectivity index is 2.53. The molecule has 4 nitrogen and oxygen atoms in total. The Morgan fingerprint density at radius 3 is 2.41 bits per heavy atom. The summed E-state index contributed by atoms with van der Waals surface area (Å²) in [4.78, 5) is 23.5. The van der Waals surface area contributed by atoms with Crippen molar-refractivity contribution in [1.29, 1.82) is 0 Å². The van der Waals surface area contributed by atoms with Crippen LogP contribution in [-0.4, -0.2) is 17.9 Å². The summed E-state index contributed by atoms with van der Waals surface area (Å²) in [5.41, 5.74) is 0. The first-order valence-electron chi connectivity index (χ1n) is 5.23. The van der Waals surface area contributed by atoms with Crippen molar-refractivity contribution < 1.29 is 9.59 Å². The Bertz CT molecular complexity index is 419. The zero-order chi connectivity index (χ0) is 13.0. The normalized spacial score (nSPS) is 13.9. The van der Waals surface area contributed by atoms with Crippen molar-refractivity contribution in [2.24, 2.45) is 0 Å². The number of hydrogen-bond donors (Lipinski definition) is 2. The van der Waals surface area contributed by atoms with Crippen LogP contribution in [0.5, 0.6) is 0 Å². The van der Waals surface area contributed by atoms with E-state index in [0.717, 1.165) is 4.88 Å². The third-order valence-corrected chi connectivity index (χ3v) is 3.61.